The largest absolute Gasteiger partial charge is 0.508 e. The lowest BCUT2D eigenvalue weighted by atomic mass is 9.57. The molecule has 1 aromatic heterocycles. The van der Waals surface area contributed by atoms with Crippen LogP contribution < -0.4 is 0 Å². The SMILES string of the molecule is CC(C)=CCC/C(C)=C/C(c1cc(O)cc(C)c1O)c1oc2c(c1C)C[C@@]1(C)[C@@H](C=CC(=O)[C@@H]1C)C2. The Morgan fingerprint density at radius 3 is 2.64 bits per heavy atom. The number of hydrogen-bond donors (Lipinski definition) is 2. The highest BCUT2D eigenvalue weighted by Crippen LogP contribution is 2.51. The summed E-state index contributed by atoms with van der Waals surface area (Å²) in [5.74, 6) is 2.20. The number of allylic oxidation sites excluding steroid dienone is 6. The van der Waals surface area contributed by atoms with Crippen molar-refractivity contribution in [2.45, 2.75) is 80.1 Å². The van der Waals surface area contributed by atoms with Crippen LogP contribution in [0.5, 0.6) is 11.5 Å². The standard InChI is InChI=1S/C32H40O4/c1-18(2)9-8-10-19(3)13-26(25-16-24(33)14-20(4)30(25)35)31-21(5)27-17-32(7)22(6)28(34)12-11-23(32)15-29(27)36-31/h9,11-14,16,22-23,26,33,35H,8,10,15,17H2,1-7H3/b19-13+/t22-,23-,26?,32+/m0/s1. The fourth-order valence-corrected chi connectivity index (χ4v) is 6.00. The van der Waals surface area contributed by atoms with E-state index < -0.39 is 0 Å². The Morgan fingerprint density at radius 2 is 1.94 bits per heavy atom. The highest BCUT2D eigenvalue weighted by molar-refractivity contribution is 5.93. The number of ketones is 1. The molecule has 0 spiro atoms. The van der Waals surface area contributed by atoms with Crippen molar-refractivity contribution >= 4 is 5.78 Å². The number of aromatic hydroxyl groups is 2. The van der Waals surface area contributed by atoms with Crippen LogP contribution in [0.4, 0.5) is 0 Å². The van der Waals surface area contributed by atoms with E-state index in [1.54, 1.807) is 25.1 Å². The summed E-state index contributed by atoms with van der Waals surface area (Å²) in [4.78, 5) is 12.5. The number of hydrogen-bond acceptors (Lipinski definition) is 4. The smallest absolute Gasteiger partial charge is 0.158 e. The molecule has 0 radical (unpaired) electrons. The van der Waals surface area contributed by atoms with Crippen molar-refractivity contribution in [2.24, 2.45) is 17.3 Å². The molecule has 4 heteroatoms. The number of phenols is 2. The minimum absolute atomic E-state index is 0.0378. The van der Waals surface area contributed by atoms with E-state index >= 15 is 0 Å². The Labute approximate surface area is 215 Å². The first kappa shape index (κ1) is 26.1. The molecule has 0 fully saturated rings. The molecule has 0 aliphatic heterocycles. The molecule has 4 atom stereocenters. The minimum Gasteiger partial charge on any atom is -0.508 e. The molecule has 4 rings (SSSR count). The van der Waals surface area contributed by atoms with Crippen LogP contribution in [0, 0.1) is 31.1 Å². The molecule has 0 saturated carbocycles. The summed E-state index contributed by atoms with van der Waals surface area (Å²) in [6.07, 6.45) is 11.6. The van der Waals surface area contributed by atoms with E-state index in [0.29, 0.717) is 11.1 Å². The van der Waals surface area contributed by atoms with Crippen LogP contribution in [-0.4, -0.2) is 16.0 Å². The third-order valence-electron chi connectivity index (χ3n) is 8.59. The van der Waals surface area contributed by atoms with E-state index in [4.69, 9.17) is 4.42 Å². The molecule has 2 aliphatic carbocycles. The van der Waals surface area contributed by atoms with Gasteiger partial charge in [0.2, 0.25) is 0 Å². The van der Waals surface area contributed by atoms with E-state index in [1.165, 1.54) is 16.7 Å². The molecule has 0 saturated heterocycles. The first-order chi connectivity index (χ1) is 16.9. The summed E-state index contributed by atoms with van der Waals surface area (Å²) in [7, 11) is 0. The molecular formula is C32H40O4. The third kappa shape index (κ3) is 4.70. The van der Waals surface area contributed by atoms with Gasteiger partial charge in [-0.3, -0.25) is 4.79 Å². The predicted octanol–water partition coefficient (Wildman–Crippen LogP) is 7.63. The van der Waals surface area contributed by atoms with Gasteiger partial charge in [-0.15, -0.1) is 0 Å². The number of carbonyl (C=O) groups excluding carboxylic acids is 1. The molecule has 36 heavy (non-hydrogen) atoms. The van der Waals surface area contributed by atoms with Gasteiger partial charge >= 0.3 is 0 Å². The number of fused-ring (bicyclic) bond motifs is 2. The quantitative estimate of drug-likeness (QED) is 0.324. The number of rotatable bonds is 6. The van der Waals surface area contributed by atoms with Crippen molar-refractivity contribution in [2.75, 3.05) is 0 Å². The Hall–Kier alpha value is -3.01. The molecule has 0 amide bonds. The lowest BCUT2D eigenvalue weighted by Gasteiger charge is -2.45. The molecule has 1 aromatic carbocycles. The van der Waals surface area contributed by atoms with E-state index in [9.17, 15) is 15.0 Å². The number of benzene rings is 1. The van der Waals surface area contributed by atoms with Crippen LogP contribution in [0.2, 0.25) is 0 Å². The normalized spacial score (nSPS) is 24.3. The predicted molar refractivity (Wildman–Crippen MR) is 145 cm³/mol. The van der Waals surface area contributed by atoms with Crippen molar-refractivity contribution in [3.8, 4) is 11.5 Å². The molecule has 192 valence electrons. The van der Waals surface area contributed by atoms with Crippen molar-refractivity contribution in [3.05, 3.63) is 81.4 Å². The van der Waals surface area contributed by atoms with Gasteiger partial charge in [0, 0.05) is 17.9 Å². The van der Waals surface area contributed by atoms with Gasteiger partial charge < -0.3 is 14.6 Å². The maximum atomic E-state index is 12.5. The molecule has 1 unspecified atom stereocenters. The van der Waals surface area contributed by atoms with Crippen molar-refractivity contribution < 1.29 is 19.4 Å². The molecule has 0 bridgehead atoms. The van der Waals surface area contributed by atoms with E-state index in [1.807, 2.05) is 0 Å². The van der Waals surface area contributed by atoms with Crippen LogP contribution >= 0.6 is 0 Å². The Balaban J connectivity index is 1.81. The second-order valence-corrected chi connectivity index (χ2v) is 11.5. The van der Waals surface area contributed by atoms with Crippen molar-refractivity contribution in [1.82, 2.24) is 0 Å². The van der Waals surface area contributed by atoms with Gasteiger partial charge in [0.25, 0.3) is 0 Å². The average Bonchev–Trinajstić information content (AvgIpc) is 3.11. The zero-order chi connectivity index (χ0) is 26.4. The fraction of sp³-hybridized carbons (Fsp3) is 0.469. The van der Waals surface area contributed by atoms with Gasteiger partial charge in [-0.05, 0) is 100 Å². The van der Waals surface area contributed by atoms with Crippen LogP contribution in [0.25, 0.3) is 0 Å². The summed E-state index contributed by atoms with van der Waals surface area (Å²) < 4.78 is 6.62. The van der Waals surface area contributed by atoms with Crippen LogP contribution in [0.1, 0.15) is 87.2 Å². The summed E-state index contributed by atoms with van der Waals surface area (Å²) in [6, 6.07) is 3.23. The fourth-order valence-electron chi connectivity index (χ4n) is 6.00. The molecular weight excluding hydrogens is 448 g/mol. The van der Waals surface area contributed by atoms with Gasteiger partial charge in [-0.2, -0.15) is 0 Å². The van der Waals surface area contributed by atoms with Crippen LogP contribution in [-0.2, 0) is 17.6 Å². The monoisotopic (exact) mass is 488 g/mol. The lowest BCUT2D eigenvalue weighted by Crippen LogP contribution is -2.44. The molecule has 4 nitrogen and oxygen atoms in total. The highest BCUT2D eigenvalue weighted by Gasteiger charge is 2.48. The zero-order valence-electron chi connectivity index (χ0n) is 22.7. The average molecular weight is 489 g/mol. The van der Waals surface area contributed by atoms with E-state index in [2.05, 4.69) is 59.8 Å². The second kappa shape index (κ2) is 9.80. The molecule has 1 heterocycles. The topological polar surface area (TPSA) is 70.7 Å². The minimum atomic E-state index is -0.322. The van der Waals surface area contributed by atoms with Gasteiger partial charge in [-0.25, -0.2) is 0 Å². The molecule has 2 aromatic rings. The van der Waals surface area contributed by atoms with Crippen LogP contribution in [0.15, 0.2) is 52.0 Å². The summed E-state index contributed by atoms with van der Waals surface area (Å²) in [6.45, 7) is 14.5. The maximum Gasteiger partial charge on any atom is 0.158 e. The van der Waals surface area contributed by atoms with Gasteiger partial charge in [0.05, 0.1) is 5.92 Å². The Morgan fingerprint density at radius 1 is 1.22 bits per heavy atom. The third-order valence-corrected chi connectivity index (χ3v) is 8.59. The zero-order valence-corrected chi connectivity index (χ0v) is 22.7. The number of carbonyl (C=O) groups is 1. The molecule has 2 N–H and O–H groups in total. The van der Waals surface area contributed by atoms with Gasteiger partial charge in [0.15, 0.2) is 5.78 Å². The van der Waals surface area contributed by atoms with E-state index in [0.717, 1.165) is 42.8 Å². The Kier molecular flexibility index (Phi) is 7.10. The van der Waals surface area contributed by atoms with Gasteiger partial charge in [-0.1, -0.05) is 43.2 Å². The van der Waals surface area contributed by atoms with E-state index in [-0.39, 0.29) is 40.5 Å². The summed E-state index contributed by atoms with van der Waals surface area (Å²) in [5, 5.41) is 21.4. The number of aryl methyl sites for hydroxylation is 1. The molecule has 2 aliphatic rings. The number of furan rings is 1. The maximum absolute atomic E-state index is 12.5. The van der Waals surface area contributed by atoms with Crippen molar-refractivity contribution in [1.29, 1.82) is 0 Å². The first-order valence-electron chi connectivity index (χ1n) is 13.1. The summed E-state index contributed by atoms with van der Waals surface area (Å²) in [5.41, 5.74) is 5.92. The Bertz CT molecular complexity index is 1270. The number of phenolic OH excluding ortho intramolecular Hbond substituents is 2. The first-order valence-corrected chi connectivity index (χ1v) is 13.1. The summed E-state index contributed by atoms with van der Waals surface area (Å²) >= 11 is 0. The van der Waals surface area contributed by atoms with Crippen molar-refractivity contribution in [3.63, 3.8) is 0 Å². The van der Waals surface area contributed by atoms with Gasteiger partial charge in [0.1, 0.15) is 23.0 Å². The second-order valence-electron chi connectivity index (χ2n) is 11.5. The highest BCUT2D eigenvalue weighted by atomic mass is 16.3. The van der Waals surface area contributed by atoms with Crippen LogP contribution in [0.3, 0.4) is 0 Å². The lowest BCUT2D eigenvalue weighted by molar-refractivity contribution is -0.123.